The maximum atomic E-state index is 13.9. The van der Waals surface area contributed by atoms with E-state index in [0.29, 0.717) is 5.56 Å². The van der Waals surface area contributed by atoms with E-state index >= 15 is 0 Å². The predicted octanol–water partition coefficient (Wildman–Crippen LogP) is 4.10. The summed E-state index contributed by atoms with van der Waals surface area (Å²) in [6.07, 6.45) is -3.87. The van der Waals surface area contributed by atoms with Gasteiger partial charge in [0.2, 0.25) is 0 Å². The van der Waals surface area contributed by atoms with Gasteiger partial charge in [0.1, 0.15) is 5.82 Å². The summed E-state index contributed by atoms with van der Waals surface area (Å²) < 4.78 is 59.7. The summed E-state index contributed by atoms with van der Waals surface area (Å²) in [7, 11) is 0. The summed E-state index contributed by atoms with van der Waals surface area (Å²) in [5.41, 5.74) is -3.07. The summed E-state index contributed by atoms with van der Waals surface area (Å²) in [5, 5.41) is 2.23. The lowest BCUT2D eigenvalue weighted by atomic mass is 9.91. The summed E-state index contributed by atoms with van der Waals surface area (Å²) in [4.78, 5) is 12.6. The smallest absolute Gasteiger partial charge is 0.349 e. The van der Waals surface area contributed by atoms with E-state index < -0.39 is 30.1 Å². The van der Waals surface area contributed by atoms with E-state index in [0.717, 1.165) is 18.2 Å². The van der Waals surface area contributed by atoms with Crippen molar-refractivity contribution in [1.29, 1.82) is 0 Å². The normalized spacial score (nSPS) is 13.7. The Hall–Kier alpha value is -2.67. The minimum atomic E-state index is -5.01. The van der Waals surface area contributed by atoms with Gasteiger partial charge in [0.25, 0.3) is 11.5 Å². The number of amides is 1. The quantitative estimate of drug-likeness (QED) is 0.591. The van der Waals surface area contributed by atoms with Gasteiger partial charge in [0.05, 0.1) is 6.61 Å². The highest BCUT2D eigenvalue weighted by atomic mass is 19.4. The highest BCUT2D eigenvalue weighted by Gasteiger charge is 2.63. The second-order valence-electron chi connectivity index (χ2n) is 5.45. The molecule has 0 saturated heterocycles. The first-order valence-corrected chi connectivity index (χ1v) is 7.71. The van der Waals surface area contributed by atoms with Crippen LogP contribution in [0.2, 0.25) is 0 Å². The van der Waals surface area contributed by atoms with Crippen LogP contribution in [0.25, 0.3) is 0 Å². The standard InChI is InChI=1S/C19H17F4NO2/c1-2-12-26-18(19(21,22)23,15-6-4-3-5-7-15)17(25)24-13-14-8-10-16(20)11-9-14/h2-11H,1,12-13H2,(H,24,25). The van der Waals surface area contributed by atoms with Crippen molar-refractivity contribution in [3.05, 3.63) is 84.2 Å². The lowest BCUT2D eigenvalue weighted by Gasteiger charge is -2.34. The van der Waals surface area contributed by atoms with Crippen LogP contribution in [0, 0.1) is 5.82 Å². The molecule has 0 saturated carbocycles. The van der Waals surface area contributed by atoms with Crippen molar-refractivity contribution in [3.8, 4) is 0 Å². The van der Waals surface area contributed by atoms with Gasteiger partial charge in [0, 0.05) is 12.1 Å². The SMILES string of the molecule is C=CCOC(C(=O)NCc1ccc(F)cc1)(c1ccccc1)C(F)(F)F. The number of alkyl halides is 3. The molecule has 1 amide bonds. The number of hydrogen-bond acceptors (Lipinski definition) is 2. The molecular formula is C19H17F4NO2. The zero-order chi connectivity index (χ0) is 19.2. The van der Waals surface area contributed by atoms with Crippen molar-refractivity contribution in [2.24, 2.45) is 0 Å². The fourth-order valence-electron chi connectivity index (χ4n) is 2.42. The van der Waals surface area contributed by atoms with Gasteiger partial charge in [-0.15, -0.1) is 6.58 Å². The molecule has 0 heterocycles. The van der Waals surface area contributed by atoms with Gasteiger partial charge in [0.15, 0.2) is 0 Å². The molecule has 0 aliphatic heterocycles. The lowest BCUT2D eigenvalue weighted by Crippen LogP contribution is -2.56. The second-order valence-corrected chi connectivity index (χ2v) is 5.45. The minimum Gasteiger partial charge on any atom is -0.349 e. The van der Waals surface area contributed by atoms with Crippen molar-refractivity contribution in [2.45, 2.75) is 18.3 Å². The average molecular weight is 367 g/mol. The van der Waals surface area contributed by atoms with Crippen LogP contribution in [-0.2, 0) is 21.7 Å². The van der Waals surface area contributed by atoms with Crippen LogP contribution in [-0.4, -0.2) is 18.7 Å². The predicted molar refractivity (Wildman–Crippen MR) is 88.6 cm³/mol. The Morgan fingerprint density at radius 2 is 1.69 bits per heavy atom. The van der Waals surface area contributed by atoms with E-state index in [-0.39, 0.29) is 12.1 Å². The molecule has 26 heavy (non-hydrogen) atoms. The Morgan fingerprint density at radius 1 is 1.08 bits per heavy atom. The topological polar surface area (TPSA) is 38.3 Å². The zero-order valence-electron chi connectivity index (χ0n) is 13.7. The van der Waals surface area contributed by atoms with Crippen molar-refractivity contribution in [2.75, 3.05) is 6.61 Å². The number of benzene rings is 2. The Morgan fingerprint density at radius 3 is 2.23 bits per heavy atom. The third-order valence-electron chi connectivity index (χ3n) is 3.68. The number of ether oxygens (including phenoxy) is 1. The molecule has 1 N–H and O–H groups in total. The van der Waals surface area contributed by atoms with Gasteiger partial charge in [-0.25, -0.2) is 4.39 Å². The molecule has 0 spiro atoms. The molecule has 138 valence electrons. The van der Waals surface area contributed by atoms with Crippen molar-refractivity contribution >= 4 is 5.91 Å². The first-order valence-electron chi connectivity index (χ1n) is 7.71. The molecule has 0 aliphatic rings. The summed E-state index contributed by atoms with van der Waals surface area (Å²) in [5.74, 6) is -1.84. The molecule has 2 aromatic carbocycles. The molecule has 0 aliphatic carbocycles. The molecule has 0 aromatic heterocycles. The van der Waals surface area contributed by atoms with E-state index in [9.17, 15) is 22.4 Å². The van der Waals surface area contributed by atoms with Crippen LogP contribution < -0.4 is 5.32 Å². The van der Waals surface area contributed by atoms with Crippen molar-refractivity contribution in [3.63, 3.8) is 0 Å². The maximum absolute atomic E-state index is 13.9. The van der Waals surface area contributed by atoms with Crippen LogP contribution in [0.15, 0.2) is 67.3 Å². The highest BCUT2D eigenvalue weighted by Crippen LogP contribution is 2.42. The van der Waals surface area contributed by atoms with Gasteiger partial charge in [-0.1, -0.05) is 48.5 Å². The third kappa shape index (κ3) is 4.11. The third-order valence-corrected chi connectivity index (χ3v) is 3.68. The first kappa shape index (κ1) is 19.7. The Balaban J connectivity index is 2.36. The zero-order valence-corrected chi connectivity index (χ0v) is 13.7. The Bertz CT molecular complexity index is 744. The van der Waals surface area contributed by atoms with E-state index in [4.69, 9.17) is 4.74 Å². The van der Waals surface area contributed by atoms with Crippen LogP contribution in [0.3, 0.4) is 0 Å². The van der Waals surface area contributed by atoms with E-state index in [1.807, 2.05) is 0 Å². The van der Waals surface area contributed by atoms with Gasteiger partial charge >= 0.3 is 6.18 Å². The number of nitrogens with one attached hydrogen (secondary N) is 1. The molecule has 0 fully saturated rings. The number of hydrogen-bond donors (Lipinski definition) is 1. The molecule has 2 aromatic rings. The van der Waals surface area contributed by atoms with Crippen molar-refractivity contribution < 1.29 is 27.1 Å². The van der Waals surface area contributed by atoms with Gasteiger partial charge < -0.3 is 10.1 Å². The van der Waals surface area contributed by atoms with Crippen LogP contribution in [0.4, 0.5) is 17.6 Å². The molecule has 7 heteroatoms. The fraction of sp³-hybridized carbons (Fsp3) is 0.211. The molecular weight excluding hydrogens is 350 g/mol. The van der Waals surface area contributed by atoms with E-state index in [1.54, 1.807) is 0 Å². The first-order chi connectivity index (χ1) is 12.3. The van der Waals surface area contributed by atoms with Crippen LogP contribution >= 0.6 is 0 Å². The number of carbonyl (C=O) groups is 1. The minimum absolute atomic E-state index is 0.207. The Labute approximate surface area is 148 Å². The Kier molecular flexibility index (Phi) is 6.15. The van der Waals surface area contributed by atoms with Gasteiger partial charge in [-0.2, -0.15) is 13.2 Å². The molecule has 2 rings (SSSR count). The van der Waals surface area contributed by atoms with Gasteiger partial charge in [-0.3, -0.25) is 4.79 Å². The number of halogens is 4. The molecule has 3 nitrogen and oxygen atoms in total. The molecule has 0 bridgehead atoms. The van der Waals surface area contributed by atoms with Crippen molar-refractivity contribution in [1.82, 2.24) is 5.32 Å². The van der Waals surface area contributed by atoms with Gasteiger partial charge in [-0.05, 0) is 17.7 Å². The summed E-state index contributed by atoms with van der Waals surface area (Å²) in [6.45, 7) is 2.66. The summed E-state index contributed by atoms with van der Waals surface area (Å²) >= 11 is 0. The average Bonchev–Trinajstić information content (AvgIpc) is 2.61. The second kappa shape index (κ2) is 8.14. The number of carbonyl (C=O) groups excluding carboxylic acids is 1. The fourth-order valence-corrected chi connectivity index (χ4v) is 2.42. The largest absolute Gasteiger partial charge is 0.430 e. The molecule has 1 atom stereocenters. The number of rotatable bonds is 7. The van der Waals surface area contributed by atoms with E-state index in [2.05, 4.69) is 11.9 Å². The highest BCUT2D eigenvalue weighted by molar-refractivity contribution is 5.87. The molecule has 0 radical (unpaired) electrons. The van der Waals surface area contributed by atoms with E-state index in [1.165, 1.54) is 42.5 Å². The maximum Gasteiger partial charge on any atom is 0.430 e. The molecule has 1 unspecified atom stereocenters. The van der Waals surface area contributed by atoms with Crippen LogP contribution in [0.5, 0.6) is 0 Å². The lowest BCUT2D eigenvalue weighted by molar-refractivity contribution is -0.270. The monoisotopic (exact) mass is 367 g/mol. The van der Waals surface area contributed by atoms with Crippen LogP contribution in [0.1, 0.15) is 11.1 Å². The summed E-state index contributed by atoms with van der Waals surface area (Å²) in [6, 6.07) is 11.7.